The zero-order chi connectivity index (χ0) is 20.5. The molecule has 0 aliphatic carbocycles. The number of carbonyl (C=O) groups excluding carboxylic acids is 1. The molecule has 3 heterocycles. The van der Waals surface area contributed by atoms with E-state index in [1.54, 1.807) is 13.8 Å². The van der Waals surface area contributed by atoms with Crippen molar-refractivity contribution in [1.82, 2.24) is 30.5 Å². The SMILES string of the molecule is Cc1c(Cc2ccc(C(F)(F)F)nc2F)c[nH]c1C(=O)NC(C)c1ncn[nH]1. The highest BCUT2D eigenvalue weighted by molar-refractivity contribution is 5.94. The molecule has 3 aromatic rings. The van der Waals surface area contributed by atoms with E-state index in [9.17, 15) is 22.4 Å². The lowest BCUT2D eigenvalue weighted by atomic mass is 10.0. The summed E-state index contributed by atoms with van der Waals surface area (Å²) in [6, 6.07) is 1.36. The Hall–Kier alpha value is -3.24. The first-order valence-corrected chi connectivity index (χ1v) is 8.22. The van der Waals surface area contributed by atoms with Gasteiger partial charge in [-0.25, -0.2) is 9.97 Å². The number of halogens is 4. The summed E-state index contributed by atoms with van der Waals surface area (Å²) in [5.41, 5.74) is 0.0965. The van der Waals surface area contributed by atoms with Crippen LogP contribution in [0.15, 0.2) is 24.7 Å². The zero-order valence-corrected chi connectivity index (χ0v) is 14.9. The molecule has 1 amide bonds. The quantitative estimate of drug-likeness (QED) is 0.456. The van der Waals surface area contributed by atoms with Crippen molar-refractivity contribution in [3.8, 4) is 0 Å². The molecule has 0 aliphatic rings. The van der Waals surface area contributed by atoms with Crippen molar-refractivity contribution in [3.05, 3.63) is 64.5 Å². The third-order valence-corrected chi connectivity index (χ3v) is 4.26. The standard InChI is InChI=1S/C17H16F4N6O/c1-8-11(5-10-3-4-12(17(19,20)21)26-14(10)18)6-22-13(8)16(28)25-9(2)15-23-7-24-27-15/h3-4,6-7,9,22H,5H2,1-2H3,(H,25,28)(H,23,24,27). The van der Waals surface area contributed by atoms with E-state index in [0.717, 1.165) is 12.1 Å². The highest BCUT2D eigenvalue weighted by Gasteiger charge is 2.33. The molecule has 0 aliphatic heterocycles. The Bertz CT molecular complexity index is 980. The zero-order valence-electron chi connectivity index (χ0n) is 14.9. The molecule has 0 bridgehead atoms. The van der Waals surface area contributed by atoms with Crippen LogP contribution in [0.4, 0.5) is 17.6 Å². The predicted octanol–water partition coefficient (Wildman–Crippen LogP) is 3.08. The number of amides is 1. The molecule has 0 fully saturated rings. The van der Waals surface area contributed by atoms with E-state index in [2.05, 4.69) is 30.5 Å². The van der Waals surface area contributed by atoms with Gasteiger partial charge in [0.05, 0.1) is 6.04 Å². The van der Waals surface area contributed by atoms with Crippen molar-refractivity contribution in [2.24, 2.45) is 0 Å². The van der Waals surface area contributed by atoms with E-state index in [-0.39, 0.29) is 17.7 Å². The molecule has 11 heteroatoms. The molecule has 3 aromatic heterocycles. The van der Waals surface area contributed by atoms with Crippen LogP contribution < -0.4 is 5.32 Å². The minimum Gasteiger partial charge on any atom is -0.357 e. The average molecular weight is 396 g/mol. The van der Waals surface area contributed by atoms with Crippen LogP contribution in [0.2, 0.25) is 0 Å². The van der Waals surface area contributed by atoms with Gasteiger partial charge in [0.2, 0.25) is 5.95 Å². The summed E-state index contributed by atoms with van der Waals surface area (Å²) in [5, 5.41) is 9.10. The average Bonchev–Trinajstić information content (AvgIpc) is 3.26. The van der Waals surface area contributed by atoms with E-state index in [4.69, 9.17) is 0 Å². The van der Waals surface area contributed by atoms with Crippen molar-refractivity contribution >= 4 is 5.91 Å². The molecule has 7 nitrogen and oxygen atoms in total. The van der Waals surface area contributed by atoms with Gasteiger partial charge in [0.15, 0.2) is 0 Å². The second-order valence-electron chi connectivity index (χ2n) is 6.20. The third kappa shape index (κ3) is 4.02. The largest absolute Gasteiger partial charge is 0.433 e. The molecule has 0 saturated heterocycles. The number of nitrogens with one attached hydrogen (secondary N) is 3. The Kier molecular flexibility index (Phi) is 5.16. The number of carbonyl (C=O) groups is 1. The van der Waals surface area contributed by atoms with Gasteiger partial charge in [0.1, 0.15) is 23.5 Å². The van der Waals surface area contributed by atoms with Crippen LogP contribution in [0.25, 0.3) is 0 Å². The van der Waals surface area contributed by atoms with E-state index < -0.39 is 29.8 Å². The van der Waals surface area contributed by atoms with Crippen molar-refractivity contribution in [2.45, 2.75) is 32.5 Å². The molecule has 28 heavy (non-hydrogen) atoms. The smallest absolute Gasteiger partial charge is 0.357 e. The van der Waals surface area contributed by atoms with Crippen LogP contribution in [0.1, 0.15) is 51.7 Å². The molecule has 0 aromatic carbocycles. The Balaban J connectivity index is 1.75. The van der Waals surface area contributed by atoms with Gasteiger partial charge in [-0.3, -0.25) is 9.89 Å². The van der Waals surface area contributed by atoms with Crippen LogP contribution in [0.5, 0.6) is 0 Å². The summed E-state index contributed by atoms with van der Waals surface area (Å²) in [7, 11) is 0. The monoisotopic (exact) mass is 396 g/mol. The van der Waals surface area contributed by atoms with E-state index in [1.807, 2.05) is 0 Å². The van der Waals surface area contributed by atoms with Gasteiger partial charge in [-0.05, 0) is 31.0 Å². The van der Waals surface area contributed by atoms with Gasteiger partial charge in [-0.2, -0.15) is 22.7 Å². The van der Waals surface area contributed by atoms with Gasteiger partial charge in [-0.15, -0.1) is 0 Å². The number of H-pyrrole nitrogens is 2. The van der Waals surface area contributed by atoms with E-state index >= 15 is 0 Å². The lowest BCUT2D eigenvalue weighted by molar-refractivity contribution is -0.141. The molecule has 148 valence electrons. The lowest BCUT2D eigenvalue weighted by Gasteiger charge is -2.11. The number of hydrogen-bond acceptors (Lipinski definition) is 4. The van der Waals surface area contributed by atoms with Crippen LogP contribution in [0.3, 0.4) is 0 Å². The predicted molar refractivity (Wildman–Crippen MR) is 89.8 cm³/mol. The summed E-state index contributed by atoms with van der Waals surface area (Å²) < 4.78 is 51.8. The van der Waals surface area contributed by atoms with Crippen molar-refractivity contribution in [3.63, 3.8) is 0 Å². The Morgan fingerprint density at radius 1 is 1.29 bits per heavy atom. The van der Waals surface area contributed by atoms with Gasteiger partial charge in [0, 0.05) is 18.2 Å². The summed E-state index contributed by atoms with van der Waals surface area (Å²) in [4.78, 5) is 22.2. The van der Waals surface area contributed by atoms with Crippen molar-refractivity contribution < 1.29 is 22.4 Å². The first kappa shape index (κ1) is 19.5. The van der Waals surface area contributed by atoms with Gasteiger partial charge in [-0.1, -0.05) is 6.07 Å². The second kappa shape index (κ2) is 7.41. The molecule has 0 saturated carbocycles. The molecule has 0 spiro atoms. The Labute approximate surface area is 156 Å². The number of hydrogen-bond donors (Lipinski definition) is 3. The second-order valence-corrected chi connectivity index (χ2v) is 6.20. The highest BCUT2D eigenvalue weighted by atomic mass is 19.4. The maximum Gasteiger partial charge on any atom is 0.433 e. The topological polar surface area (TPSA) is 99.3 Å². The molecular weight excluding hydrogens is 380 g/mol. The minimum atomic E-state index is -4.71. The minimum absolute atomic E-state index is 0.00270. The fourth-order valence-corrected chi connectivity index (χ4v) is 2.67. The summed E-state index contributed by atoms with van der Waals surface area (Å²) in [6.07, 6.45) is -1.89. The van der Waals surface area contributed by atoms with Crippen LogP contribution >= 0.6 is 0 Å². The molecule has 1 unspecified atom stereocenters. The Morgan fingerprint density at radius 2 is 2.04 bits per heavy atom. The first-order valence-electron chi connectivity index (χ1n) is 8.22. The van der Waals surface area contributed by atoms with Crippen LogP contribution in [-0.4, -0.2) is 31.1 Å². The fourth-order valence-electron chi connectivity index (χ4n) is 2.67. The number of alkyl halides is 3. The number of aromatic amines is 2. The normalized spacial score (nSPS) is 12.8. The summed E-state index contributed by atoms with van der Waals surface area (Å²) >= 11 is 0. The van der Waals surface area contributed by atoms with E-state index in [1.165, 1.54) is 12.5 Å². The van der Waals surface area contributed by atoms with Crippen LogP contribution in [-0.2, 0) is 12.6 Å². The molecule has 1 atom stereocenters. The summed E-state index contributed by atoms with van der Waals surface area (Å²) in [5.74, 6) is -1.12. The highest BCUT2D eigenvalue weighted by Crippen LogP contribution is 2.28. The number of rotatable bonds is 5. The lowest BCUT2D eigenvalue weighted by Crippen LogP contribution is -2.28. The Morgan fingerprint density at radius 3 is 2.64 bits per heavy atom. The van der Waals surface area contributed by atoms with Gasteiger partial charge >= 0.3 is 6.18 Å². The van der Waals surface area contributed by atoms with Gasteiger partial charge in [0.25, 0.3) is 5.91 Å². The maximum atomic E-state index is 14.0. The number of nitrogens with zero attached hydrogens (tertiary/aromatic N) is 3. The van der Waals surface area contributed by atoms with E-state index in [0.29, 0.717) is 17.0 Å². The maximum absolute atomic E-state index is 14.0. The summed E-state index contributed by atoms with van der Waals surface area (Å²) in [6.45, 7) is 3.39. The molecular formula is C17H16F4N6O. The van der Waals surface area contributed by atoms with Gasteiger partial charge < -0.3 is 10.3 Å². The molecule has 3 N–H and O–H groups in total. The van der Waals surface area contributed by atoms with Crippen LogP contribution in [0, 0.1) is 12.9 Å². The third-order valence-electron chi connectivity index (χ3n) is 4.26. The fraction of sp³-hybridized carbons (Fsp3) is 0.294. The first-order chi connectivity index (χ1) is 13.2. The molecule has 3 rings (SSSR count). The van der Waals surface area contributed by atoms with Crippen molar-refractivity contribution in [2.75, 3.05) is 0 Å². The number of aromatic nitrogens is 5. The van der Waals surface area contributed by atoms with Crippen molar-refractivity contribution in [1.29, 1.82) is 0 Å². The number of pyridine rings is 1. The molecule has 0 radical (unpaired) electrons.